The highest BCUT2D eigenvalue weighted by Gasteiger charge is 2.28. The zero-order chi connectivity index (χ0) is 26.8. The van der Waals surface area contributed by atoms with E-state index in [-0.39, 0.29) is 6.04 Å². The second kappa shape index (κ2) is 7.41. The lowest BCUT2D eigenvalue weighted by atomic mass is 9.93. The van der Waals surface area contributed by atoms with Crippen LogP contribution in [0, 0.1) is 0 Å². The van der Waals surface area contributed by atoms with E-state index in [2.05, 4.69) is 66.7 Å². The Morgan fingerprint density at radius 1 is 0.439 bits per heavy atom. The van der Waals surface area contributed by atoms with E-state index >= 15 is 0 Å². The third kappa shape index (κ3) is 2.80. The van der Waals surface area contributed by atoms with Gasteiger partial charge < -0.3 is 5.73 Å². The molecule has 3 aromatic carbocycles. The van der Waals surface area contributed by atoms with Gasteiger partial charge in [0.1, 0.15) is 0 Å². The predicted molar refractivity (Wildman–Crippen MR) is 164 cm³/mol. The maximum Gasteiger partial charge on any atom is 0.0995 e. The number of benzene rings is 3. The molecule has 9 aromatic rings. The van der Waals surface area contributed by atoms with Crippen molar-refractivity contribution >= 4 is 87.5 Å². The first kappa shape index (κ1) is 21.4. The monoisotopic (exact) mass is 525 g/mol. The molecular formula is C34H19N7. The minimum absolute atomic E-state index is 0.0781. The van der Waals surface area contributed by atoms with Gasteiger partial charge in [0.2, 0.25) is 0 Å². The van der Waals surface area contributed by atoms with Crippen LogP contribution in [-0.4, -0.2) is 29.9 Å². The first-order valence-electron chi connectivity index (χ1n) is 13.7. The SMILES string of the molecule is NC1Cc2nc3c4ccc5nc4c4nc(ccc4c3nc21)c1cccc2ccc(nc21)c1ccc2cccc5c2n1. The van der Waals surface area contributed by atoms with Crippen molar-refractivity contribution in [2.24, 2.45) is 5.73 Å². The molecular weight excluding hydrogens is 506 g/mol. The van der Waals surface area contributed by atoms with Crippen LogP contribution in [0.3, 0.4) is 0 Å². The third-order valence-electron chi connectivity index (χ3n) is 8.54. The number of hydrogen-bond donors (Lipinski definition) is 1. The number of pyridine rings is 4. The van der Waals surface area contributed by atoms with Crippen LogP contribution >= 0.6 is 0 Å². The molecule has 1 atom stereocenters. The van der Waals surface area contributed by atoms with Gasteiger partial charge in [-0.25, -0.2) is 29.9 Å². The van der Waals surface area contributed by atoms with E-state index in [9.17, 15) is 0 Å². The summed E-state index contributed by atoms with van der Waals surface area (Å²) in [4.78, 5) is 30.9. The minimum atomic E-state index is -0.0781. The summed E-state index contributed by atoms with van der Waals surface area (Å²) >= 11 is 0. The lowest BCUT2D eigenvalue weighted by molar-refractivity contribution is 0.591. The Kier molecular flexibility index (Phi) is 3.87. The number of aromatic nitrogens is 6. The molecule has 0 saturated carbocycles. The Bertz CT molecular complexity index is 2650. The van der Waals surface area contributed by atoms with E-state index in [1.807, 2.05) is 18.2 Å². The predicted octanol–water partition coefficient (Wildman–Crippen LogP) is 6.84. The van der Waals surface area contributed by atoms with Crippen LogP contribution in [-0.2, 0) is 6.42 Å². The van der Waals surface area contributed by atoms with E-state index in [0.29, 0.717) is 0 Å². The van der Waals surface area contributed by atoms with Crippen LogP contribution in [0.15, 0.2) is 84.9 Å². The summed E-state index contributed by atoms with van der Waals surface area (Å²) in [6.07, 6.45) is 0.737. The van der Waals surface area contributed by atoms with Gasteiger partial charge in [-0.1, -0.05) is 48.5 Å². The zero-order valence-corrected chi connectivity index (χ0v) is 21.6. The average molecular weight is 526 g/mol. The van der Waals surface area contributed by atoms with Gasteiger partial charge in [-0.3, -0.25) is 0 Å². The van der Waals surface area contributed by atoms with Gasteiger partial charge in [0.05, 0.1) is 72.6 Å². The van der Waals surface area contributed by atoms with Crippen molar-refractivity contribution in [3.05, 3.63) is 96.3 Å². The maximum atomic E-state index is 6.28. The Balaban J connectivity index is 1.52. The molecule has 0 amide bonds. The standard InChI is InChI=1S/C34H19N7/c35-22-15-27-34(22)41-33-21-10-14-24-19-6-2-4-17-8-12-26(39-29(17)19)25-11-7-16-3-1-5-18(28(16)38-25)23-13-9-20(32(33)40-27)30(36-23)31(21)37-24/h1-14,22H,15,35H2. The maximum absolute atomic E-state index is 6.28. The van der Waals surface area contributed by atoms with E-state index in [4.69, 9.17) is 35.6 Å². The fraction of sp³-hybridized carbons (Fsp3) is 0.0588. The Labute approximate surface area is 231 Å². The molecule has 7 nitrogen and oxygen atoms in total. The van der Waals surface area contributed by atoms with Crippen LogP contribution in [0.5, 0.6) is 0 Å². The lowest BCUT2D eigenvalue weighted by Gasteiger charge is -2.24. The molecule has 1 aliphatic rings. The number of nitrogens with zero attached hydrogens (tertiary/aromatic N) is 6. The van der Waals surface area contributed by atoms with Gasteiger partial charge in [0.15, 0.2) is 0 Å². The second-order valence-electron chi connectivity index (χ2n) is 10.9. The second-order valence-corrected chi connectivity index (χ2v) is 10.9. The zero-order valence-electron chi connectivity index (χ0n) is 21.6. The average Bonchev–Trinajstić information content (AvgIpc) is 3.02. The van der Waals surface area contributed by atoms with Crippen molar-refractivity contribution < 1.29 is 0 Å². The Hall–Kier alpha value is -5.40. The van der Waals surface area contributed by atoms with Gasteiger partial charge >= 0.3 is 0 Å². The molecule has 0 saturated heterocycles. The topological polar surface area (TPSA) is 103 Å². The van der Waals surface area contributed by atoms with E-state index < -0.39 is 0 Å². The molecule has 10 rings (SSSR count). The van der Waals surface area contributed by atoms with Crippen LogP contribution in [0.1, 0.15) is 17.4 Å². The number of para-hydroxylation sites is 2. The van der Waals surface area contributed by atoms with Crippen molar-refractivity contribution in [1.29, 1.82) is 0 Å². The molecule has 41 heavy (non-hydrogen) atoms. The first-order valence-corrected chi connectivity index (χ1v) is 13.7. The first-order chi connectivity index (χ1) is 20.2. The molecule has 1 aliphatic carbocycles. The minimum Gasteiger partial charge on any atom is -0.322 e. The van der Waals surface area contributed by atoms with Gasteiger partial charge in [-0.15, -0.1) is 0 Å². The quantitative estimate of drug-likeness (QED) is 0.216. The molecule has 8 bridgehead atoms. The lowest BCUT2D eigenvalue weighted by Crippen LogP contribution is -2.28. The van der Waals surface area contributed by atoms with Crippen LogP contribution in [0.4, 0.5) is 0 Å². The highest BCUT2D eigenvalue weighted by Crippen LogP contribution is 2.37. The van der Waals surface area contributed by atoms with E-state index in [0.717, 1.165) is 105 Å². The molecule has 7 heteroatoms. The number of rotatable bonds is 0. The van der Waals surface area contributed by atoms with Crippen molar-refractivity contribution in [3.8, 4) is 0 Å². The van der Waals surface area contributed by atoms with E-state index in [1.165, 1.54) is 0 Å². The molecule has 1 unspecified atom stereocenters. The number of hydrogen-bond acceptors (Lipinski definition) is 7. The Morgan fingerprint density at radius 3 is 1.49 bits per heavy atom. The van der Waals surface area contributed by atoms with Crippen molar-refractivity contribution in [2.75, 3.05) is 0 Å². The van der Waals surface area contributed by atoms with E-state index in [1.54, 1.807) is 0 Å². The van der Waals surface area contributed by atoms with Gasteiger partial charge in [-0.05, 0) is 36.4 Å². The van der Waals surface area contributed by atoms with Gasteiger partial charge in [0, 0.05) is 38.7 Å². The molecule has 6 aromatic heterocycles. The summed E-state index contributed by atoms with van der Waals surface area (Å²) in [6, 6.07) is 29.0. The summed E-state index contributed by atoms with van der Waals surface area (Å²) in [7, 11) is 0. The Morgan fingerprint density at radius 2 is 0.927 bits per heavy atom. The molecule has 0 aliphatic heterocycles. The number of fused-ring (bicyclic) bond motifs is 11. The van der Waals surface area contributed by atoms with Crippen molar-refractivity contribution in [3.63, 3.8) is 0 Å². The van der Waals surface area contributed by atoms with Gasteiger partial charge in [-0.2, -0.15) is 0 Å². The third-order valence-corrected chi connectivity index (χ3v) is 8.54. The van der Waals surface area contributed by atoms with Gasteiger partial charge in [0.25, 0.3) is 0 Å². The molecule has 190 valence electrons. The molecule has 0 radical (unpaired) electrons. The number of nitrogens with two attached hydrogens (primary N) is 1. The molecule has 0 fully saturated rings. The summed E-state index contributed by atoms with van der Waals surface area (Å²) in [5.74, 6) is 0. The highest BCUT2D eigenvalue weighted by molar-refractivity contribution is 6.22. The molecule has 6 heterocycles. The van der Waals surface area contributed by atoms with Crippen LogP contribution in [0.2, 0.25) is 0 Å². The molecule has 0 spiro atoms. The fourth-order valence-corrected chi connectivity index (χ4v) is 6.43. The molecule has 2 N–H and O–H groups in total. The van der Waals surface area contributed by atoms with Crippen LogP contribution < -0.4 is 5.73 Å². The highest BCUT2D eigenvalue weighted by atomic mass is 14.9. The largest absolute Gasteiger partial charge is 0.322 e. The van der Waals surface area contributed by atoms with Crippen LogP contribution in [0.25, 0.3) is 87.5 Å². The summed E-state index contributed by atoms with van der Waals surface area (Å²) in [6.45, 7) is 0. The normalized spacial score (nSPS) is 15.1. The fourth-order valence-electron chi connectivity index (χ4n) is 6.43. The summed E-state index contributed by atoms with van der Waals surface area (Å²) in [5, 5.41) is 5.85. The summed E-state index contributed by atoms with van der Waals surface area (Å²) in [5.41, 5.74) is 16.4. The smallest absolute Gasteiger partial charge is 0.0995 e. The van der Waals surface area contributed by atoms with Crippen molar-refractivity contribution in [2.45, 2.75) is 12.5 Å². The van der Waals surface area contributed by atoms with Crippen molar-refractivity contribution in [1.82, 2.24) is 29.9 Å². The summed E-state index contributed by atoms with van der Waals surface area (Å²) < 4.78 is 0.